The van der Waals surface area contributed by atoms with E-state index < -0.39 is 17.4 Å². The summed E-state index contributed by atoms with van der Waals surface area (Å²) in [5, 5.41) is 11.6. The molecule has 0 spiro atoms. The van der Waals surface area contributed by atoms with Crippen LogP contribution in [0.25, 0.3) is 10.6 Å². The summed E-state index contributed by atoms with van der Waals surface area (Å²) in [5.41, 5.74) is 10.7. The second kappa shape index (κ2) is 6.68. The quantitative estimate of drug-likeness (QED) is 0.669. The number of amides is 2. The van der Waals surface area contributed by atoms with E-state index in [9.17, 15) is 14.7 Å². The molecule has 1 aromatic heterocycles. The van der Waals surface area contributed by atoms with Crippen LogP contribution >= 0.6 is 11.3 Å². The third-order valence-corrected chi connectivity index (χ3v) is 5.97. The van der Waals surface area contributed by atoms with Gasteiger partial charge in [0.15, 0.2) is 5.69 Å². The second-order valence-corrected chi connectivity index (χ2v) is 7.67. The zero-order chi connectivity index (χ0) is 19.9. The van der Waals surface area contributed by atoms with Crippen molar-refractivity contribution in [3.05, 3.63) is 35.5 Å². The highest BCUT2D eigenvalue weighted by Gasteiger charge is 2.52. The molecule has 8 heteroatoms. The molecule has 0 aliphatic carbocycles. The Morgan fingerprint density at radius 2 is 2.11 bits per heavy atom. The standard InChI is InChI=1S/C19H20N4O3S/c1-10-11(2)23(3)18(25)19(10,26)8-7-12-5-4-6-13(9-12)17-22-14(15(20)24)16(21)27-17/h4-6,9-11,26H,21H2,1-3H3,(H2,20,24)/t10-,11+,19-/m1/s1. The number of nitrogens with zero attached hydrogens (tertiary/aromatic N) is 2. The Balaban J connectivity index is 1.94. The molecule has 1 aliphatic heterocycles. The molecule has 1 fully saturated rings. The van der Waals surface area contributed by atoms with Gasteiger partial charge in [0.05, 0.1) is 0 Å². The first-order chi connectivity index (χ1) is 12.6. The summed E-state index contributed by atoms with van der Waals surface area (Å²) in [4.78, 5) is 29.4. The van der Waals surface area contributed by atoms with Crippen LogP contribution in [0.3, 0.4) is 0 Å². The Labute approximate surface area is 161 Å². The number of nitrogens with two attached hydrogens (primary N) is 2. The zero-order valence-corrected chi connectivity index (χ0v) is 16.0. The van der Waals surface area contributed by atoms with Crippen LogP contribution in [0.4, 0.5) is 5.00 Å². The molecule has 0 unspecified atom stereocenters. The smallest absolute Gasteiger partial charge is 0.270 e. The Kier molecular flexibility index (Phi) is 4.68. The molecule has 27 heavy (non-hydrogen) atoms. The molecule has 2 heterocycles. The van der Waals surface area contributed by atoms with Crippen molar-refractivity contribution in [1.29, 1.82) is 0 Å². The molecular weight excluding hydrogens is 364 g/mol. The minimum absolute atomic E-state index is 0.0446. The second-order valence-electron chi connectivity index (χ2n) is 6.64. The van der Waals surface area contributed by atoms with Gasteiger partial charge >= 0.3 is 0 Å². The number of nitrogen functional groups attached to an aromatic ring is 1. The average Bonchev–Trinajstić information content (AvgIpc) is 3.11. The average molecular weight is 384 g/mol. The fourth-order valence-corrected chi connectivity index (χ4v) is 3.86. The Morgan fingerprint density at radius 3 is 2.67 bits per heavy atom. The molecule has 1 saturated heterocycles. The molecule has 2 aromatic rings. The van der Waals surface area contributed by atoms with Crippen molar-refractivity contribution in [2.75, 3.05) is 12.8 Å². The fraction of sp³-hybridized carbons (Fsp3) is 0.316. The van der Waals surface area contributed by atoms with Gasteiger partial charge in [-0.2, -0.15) is 0 Å². The summed E-state index contributed by atoms with van der Waals surface area (Å²) in [6.07, 6.45) is 0. The van der Waals surface area contributed by atoms with Crippen LogP contribution in [0.2, 0.25) is 0 Å². The Bertz CT molecular complexity index is 990. The maximum atomic E-state index is 12.4. The van der Waals surface area contributed by atoms with Crippen LogP contribution in [-0.4, -0.2) is 45.5 Å². The lowest BCUT2D eigenvalue weighted by molar-refractivity contribution is -0.139. The first-order valence-electron chi connectivity index (χ1n) is 8.34. The van der Waals surface area contributed by atoms with Crippen molar-refractivity contribution in [3.8, 4) is 22.4 Å². The SMILES string of the molecule is C[C@@H]1[C@H](C)N(C)C(=O)[C@@]1(O)C#Cc1cccc(-c2nc(C(N)=O)c(N)s2)c1. The zero-order valence-electron chi connectivity index (χ0n) is 15.2. The number of aliphatic hydroxyl groups is 1. The van der Waals surface area contributed by atoms with Crippen LogP contribution in [0, 0.1) is 17.8 Å². The summed E-state index contributed by atoms with van der Waals surface area (Å²) in [6, 6.07) is 7.01. The number of thiazole rings is 1. The van der Waals surface area contributed by atoms with Crippen molar-refractivity contribution >= 4 is 28.2 Å². The lowest BCUT2D eigenvalue weighted by Crippen LogP contribution is -2.40. The highest BCUT2D eigenvalue weighted by molar-refractivity contribution is 7.19. The van der Waals surface area contributed by atoms with E-state index in [1.807, 2.05) is 13.0 Å². The number of likely N-dealkylation sites (N-methyl/N-ethyl adjacent to an activating group) is 1. The maximum Gasteiger partial charge on any atom is 0.270 e. The van der Waals surface area contributed by atoms with Gasteiger partial charge in [0.1, 0.15) is 10.0 Å². The normalized spacial score (nSPS) is 24.6. The number of carbonyl (C=O) groups is 2. The van der Waals surface area contributed by atoms with E-state index in [1.54, 1.807) is 32.2 Å². The van der Waals surface area contributed by atoms with E-state index in [0.29, 0.717) is 16.1 Å². The number of likely N-dealkylation sites (tertiary alicyclic amines) is 1. The minimum atomic E-state index is -1.71. The van der Waals surface area contributed by atoms with Crippen molar-refractivity contribution in [3.63, 3.8) is 0 Å². The van der Waals surface area contributed by atoms with Gasteiger partial charge in [-0.15, -0.1) is 0 Å². The van der Waals surface area contributed by atoms with Crippen LogP contribution in [0.15, 0.2) is 24.3 Å². The van der Waals surface area contributed by atoms with Gasteiger partial charge in [-0.1, -0.05) is 42.2 Å². The number of anilines is 1. The van der Waals surface area contributed by atoms with Gasteiger partial charge in [0.2, 0.25) is 5.60 Å². The highest BCUT2D eigenvalue weighted by Crippen LogP contribution is 2.33. The summed E-state index contributed by atoms with van der Waals surface area (Å²) in [7, 11) is 1.66. The van der Waals surface area contributed by atoms with E-state index in [0.717, 1.165) is 11.3 Å². The largest absolute Gasteiger partial charge is 0.389 e. The molecule has 2 amide bonds. The molecular formula is C19H20N4O3S. The maximum absolute atomic E-state index is 12.4. The predicted molar refractivity (Wildman–Crippen MR) is 104 cm³/mol. The molecule has 140 valence electrons. The number of benzene rings is 1. The highest BCUT2D eigenvalue weighted by atomic mass is 32.1. The molecule has 0 radical (unpaired) electrons. The molecule has 7 nitrogen and oxygen atoms in total. The minimum Gasteiger partial charge on any atom is -0.389 e. The summed E-state index contributed by atoms with van der Waals surface area (Å²) >= 11 is 1.16. The first-order valence-corrected chi connectivity index (χ1v) is 9.16. The van der Waals surface area contributed by atoms with E-state index in [-0.39, 0.29) is 22.7 Å². The topological polar surface area (TPSA) is 123 Å². The van der Waals surface area contributed by atoms with Gasteiger partial charge in [0.25, 0.3) is 11.8 Å². The van der Waals surface area contributed by atoms with Crippen molar-refractivity contribution in [2.45, 2.75) is 25.5 Å². The summed E-state index contributed by atoms with van der Waals surface area (Å²) in [6.45, 7) is 3.69. The molecule has 3 rings (SSSR count). The van der Waals surface area contributed by atoms with E-state index in [4.69, 9.17) is 11.5 Å². The van der Waals surface area contributed by atoms with Crippen LogP contribution in [0.1, 0.15) is 29.9 Å². The lowest BCUT2D eigenvalue weighted by atomic mass is 9.88. The van der Waals surface area contributed by atoms with E-state index in [2.05, 4.69) is 16.8 Å². The number of hydrogen-bond acceptors (Lipinski definition) is 6. The lowest BCUT2D eigenvalue weighted by Gasteiger charge is -2.19. The van der Waals surface area contributed by atoms with Gasteiger partial charge in [0, 0.05) is 30.1 Å². The Hall–Kier alpha value is -2.89. The molecule has 0 saturated carbocycles. The molecule has 3 atom stereocenters. The van der Waals surface area contributed by atoms with Gasteiger partial charge < -0.3 is 21.5 Å². The van der Waals surface area contributed by atoms with Crippen molar-refractivity contribution < 1.29 is 14.7 Å². The third-order valence-electron chi connectivity index (χ3n) is 5.03. The summed E-state index contributed by atoms with van der Waals surface area (Å²) in [5.74, 6) is 4.24. The van der Waals surface area contributed by atoms with E-state index >= 15 is 0 Å². The molecule has 1 aromatic carbocycles. The number of carbonyl (C=O) groups excluding carboxylic acids is 2. The van der Waals surface area contributed by atoms with E-state index in [1.165, 1.54) is 4.90 Å². The van der Waals surface area contributed by atoms with Gasteiger partial charge in [-0.25, -0.2) is 4.98 Å². The van der Waals surface area contributed by atoms with Crippen molar-refractivity contribution in [2.24, 2.45) is 11.7 Å². The first kappa shape index (κ1) is 18.9. The van der Waals surface area contributed by atoms with Crippen LogP contribution in [0.5, 0.6) is 0 Å². The van der Waals surface area contributed by atoms with Crippen molar-refractivity contribution in [1.82, 2.24) is 9.88 Å². The van der Waals surface area contributed by atoms with Crippen LogP contribution in [-0.2, 0) is 4.79 Å². The predicted octanol–water partition coefficient (Wildman–Crippen LogP) is 1.07. The molecule has 0 bridgehead atoms. The fourth-order valence-electron chi connectivity index (χ4n) is 3.03. The summed E-state index contributed by atoms with van der Waals surface area (Å²) < 4.78 is 0. The molecule has 1 aliphatic rings. The number of aromatic nitrogens is 1. The molecule has 5 N–H and O–H groups in total. The third kappa shape index (κ3) is 3.16. The number of rotatable bonds is 2. The van der Waals surface area contributed by atoms with Crippen LogP contribution < -0.4 is 11.5 Å². The number of primary amides is 1. The number of hydrogen-bond donors (Lipinski definition) is 3. The van der Waals surface area contributed by atoms with Gasteiger partial charge in [-0.3, -0.25) is 9.59 Å². The van der Waals surface area contributed by atoms with Gasteiger partial charge in [-0.05, 0) is 19.1 Å². The Morgan fingerprint density at radius 1 is 1.41 bits per heavy atom. The monoisotopic (exact) mass is 384 g/mol.